The minimum atomic E-state index is -1.97. The Kier molecular flexibility index (Phi) is 3.22. The summed E-state index contributed by atoms with van der Waals surface area (Å²) in [7, 11) is 0. The van der Waals surface area contributed by atoms with Crippen molar-refractivity contribution in [3.05, 3.63) is 35.4 Å². The Morgan fingerprint density at radius 2 is 1.94 bits per heavy atom. The van der Waals surface area contributed by atoms with Crippen LogP contribution in [0.15, 0.2) is 24.3 Å². The van der Waals surface area contributed by atoms with Crippen molar-refractivity contribution in [1.29, 1.82) is 0 Å². The molecule has 4 nitrogen and oxygen atoms in total. The molecule has 0 spiro atoms. The van der Waals surface area contributed by atoms with Gasteiger partial charge in [-0.1, -0.05) is 29.8 Å². The van der Waals surface area contributed by atoms with Crippen molar-refractivity contribution in [2.24, 2.45) is 0 Å². The molecular weight excluding hydrogens is 232 g/mol. The Morgan fingerprint density at radius 1 is 1.33 bits per heavy atom. The summed E-state index contributed by atoms with van der Waals surface area (Å²) in [6.45, 7) is 1.94. The Bertz CT molecular complexity index is 477. The predicted octanol–water partition coefficient (Wildman–Crippen LogP) is 1.65. The molecule has 96 valence electrons. The first kappa shape index (κ1) is 12.8. The number of ketones is 1. The summed E-state index contributed by atoms with van der Waals surface area (Å²) >= 11 is 0. The van der Waals surface area contributed by atoms with E-state index in [2.05, 4.69) is 0 Å². The third kappa shape index (κ3) is 2.16. The van der Waals surface area contributed by atoms with Crippen LogP contribution in [0.4, 0.5) is 0 Å². The largest absolute Gasteiger partial charge is 0.479 e. The van der Waals surface area contributed by atoms with E-state index in [1.54, 1.807) is 0 Å². The van der Waals surface area contributed by atoms with Crippen LogP contribution in [0.3, 0.4) is 0 Å². The average Bonchev–Trinajstić information content (AvgIpc) is 2.30. The second kappa shape index (κ2) is 4.53. The molecule has 1 aliphatic carbocycles. The molecule has 1 aliphatic rings. The van der Waals surface area contributed by atoms with Gasteiger partial charge in [0.15, 0.2) is 5.60 Å². The fourth-order valence-corrected chi connectivity index (χ4v) is 2.52. The minimum absolute atomic E-state index is 0.191. The first-order chi connectivity index (χ1) is 8.43. The van der Waals surface area contributed by atoms with Gasteiger partial charge in [0, 0.05) is 18.8 Å². The quantitative estimate of drug-likeness (QED) is 0.834. The van der Waals surface area contributed by atoms with Crippen LogP contribution >= 0.6 is 0 Å². The molecule has 0 aromatic heterocycles. The van der Waals surface area contributed by atoms with Crippen LogP contribution in [-0.2, 0) is 9.59 Å². The zero-order valence-electron chi connectivity index (χ0n) is 10.2. The topological polar surface area (TPSA) is 74.6 Å². The molecule has 0 bridgehead atoms. The Hall–Kier alpha value is -1.68. The normalized spacial score (nSPS) is 28.1. The maximum atomic E-state index is 11.4. The molecule has 0 heterocycles. The highest BCUT2D eigenvalue weighted by molar-refractivity contribution is 5.90. The fraction of sp³-hybridized carbons (Fsp3) is 0.429. The zero-order chi connectivity index (χ0) is 13.3. The number of carboxylic acids is 1. The van der Waals surface area contributed by atoms with Crippen LogP contribution in [0, 0.1) is 6.92 Å². The van der Waals surface area contributed by atoms with Gasteiger partial charge in [-0.05, 0) is 18.9 Å². The molecule has 0 saturated heterocycles. The number of aryl methyl sites for hydroxylation is 1. The maximum Gasteiger partial charge on any atom is 0.336 e. The summed E-state index contributed by atoms with van der Waals surface area (Å²) in [5, 5.41) is 19.5. The number of Topliss-reactive ketones (excluding diaryl/α,β-unsaturated/α-hetero) is 1. The van der Waals surface area contributed by atoms with Gasteiger partial charge in [0.2, 0.25) is 0 Å². The van der Waals surface area contributed by atoms with Crippen molar-refractivity contribution in [1.82, 2.24) is 0 Å². The van der Waals surface area contributed by atoms with E-state index in [1.165, 1.54) is 0 Å². The summed E-state index contributed by atoms with van der Waals surface area (Å²) in [5.74, 6) is -2.03. The number of carbonyl (C=O) groups excluding carboxylic acids is 1. The van der Waals surface area contributed by atoms with Gasteiger partial charge in [-0.3, -0.25) is 4.79 Å². The predicted molar refractivity (Wildman–Crippen MR) is 65.4 cm³/mol. The molecule has 1 aromatic rings. The van der Waals surface area contributed by atoms with Crippen molar-refractivity contribution < 1.29 is 19.8 Å². The number of hydrogen-bond acceptors (Lipinski definition) is 3. The van der Waals surface area contributed by atoms with Crippen LogP contribution < -0.4 is 0 Å². The summed E-state index contributed by atoms with van der Waals surface area (Å²) in [6.07, 6.45) is 0.402. The van der Waals surface area contributed by atoms with Gasteiger partial charge in [0.1, 0.15) is 5.78 Å². The summed E-state index contributed by atoms with van der Waals surface area (Å²) in [5.41, 5.74) is -0.118. The maximum absolute atomic E-state index is 11.4. The van der Waals surface area contributed by atoms with Gasteiger partial charge in [-0.25, -0.2) is 4.79 Å². The van der Waals surface area contributed by atoms with E-state index in [9.17, 15) is 19.8 Å². The first-order valence-corrected chi connectivity index (χ1v) is 5.97. The number of hydrogen-bond donors (Lipinski definition) is 2. The van der Waals surface area contributed by atoms with Crippen LogP contribution in [0.25, 0.3) is 0 Å². The van der Waals surface area contributed by atoms with Gasteiger partial charge >= 0.3 is 5.97 Å². The molecule has 1 fully saturated rings. The molecule has 0 aliphatic heterocycles. The number of carboxylic acid groups (broad SMARTS) is 1. The highest BCUT2D eigenvalue weighted by atomic mass is 16.4. The molecule has 2 N–H and O–H groups in total. The molecule has 2 rings (SSSR count). The number of benzene rings is 1. The lowest BCUT2D eigenvalue weighted by molar-refractivity contribution is -0.167. The average molecular weight is 248 g/mol. The second-order valence-corrected chi connectivity index (χ2v) is 4.95. The molecule has 18 heavy (non-hydrogen) atoms. The molecule has 4 heteroatoms. The smallest absolute Gasteiger partial charge is 0.336 e. The van der Waals surface area contributed by atoms with Gasteiger partial charge in [-0.2, -0.15) is 0 Å². The first-order valence-electron chi connectivity index (χ1n) is 5.97. The summed E-state index contributed by atoms with van der Waals surface area (Å²) in [6, 6.07) is 7.41. The van der Waals surface area contributed by atoms with E-state index < -0.39 is 17.5 Å². The van der Waals surface area contributed by atoms with Gasteiger partial charge in [0.05, 0.1) is 0 Å². The van der Waals surface area contributed by atoms with E-state index in [0.717, 1.165) is 11.1 Å². The summed E-state index contributed by atoms with van der Waals surface area (Å²) < 4.78 is 0. The molecule has 1 aromatic carbocycles. The fourth-order valence-electron chi connectivity index (χ4n) is 2.52. The lowest BCUT2D eigenvalue weighted by atomic mass is 9.71. The van der Waals surface area contributed by atoms with E-state index in [-0.39, 0.29) is 12.2 Å². The van der Waals surface area contributed by atoms with Gasteiger partial charge in [0.25, 0.3) is 0 Å². The van der Waals surface area contributed by atoms with Crippen molar-refractivity contribution >= 4 is 11.8 Å². The van der Waals surface area contributed by atoms with Crippen molar-refractivity contribution in [3.8, 4) is 0 Å². The Labute approximate surface area is 105 Å². The van der Waals surface area contributed by atoms with E-state index >= 15 is 0 Å². The monoisotopic (exact) mass is 248 g/mol. The minimum Gasteiger partial charge on any atom is -0.479 e. The van der Waals surface area contributed by atoms with Crippen LogP contribution in [0.5, 0.6) is 0 Å². The second-order valence-electron chi connectivity index (χ2n) is 4.95. The molecule has 0 radical (unpaired) electrons. The highest BCUT2D eigenvalue weighted by Crippen LogP contribution is 2.39. The van der Waals surface area contributed by atoms with Crippen molar-refractivity contribution in [2.75, 3.05) is 0 Å². The molecule has 0 amide bonds. The Morgan fingerprint density at radius 3 is 2.50 bits per heavy atom. The third-order valence-corrected chi connectivity index (χ3v) is 3.61. The number of rotatable bonds is 2. The lowest BCUT2D eigenvalue weighted by Crippen LogP contribution is -2.49. The van der Waals surface area contributed by atoms with Crippen LogP contribution in [0.2, 0.25) is 0 Å². The van der Waals surface area contributed by atoms with Crippen LogP contribution in [-0.4, -0.2) is 27.6 Å². The molecule has 2 atom stereocenters. The number of carbonyl (C=O) groups is 2. The lowest BCUT2D eigenvalue weighted by Gasteiger charge is -2.36. The van der Waals surface area contributed by atoms with Crippen molar-refractivity contribution in [2.45, 2.75) is 37.7 Å². The number of aliphatic carboxylic acids is 1. The molecule has 2 unspecified atom stereocenters. The van der Waals surface area contributed by atoms with Gasteiger partial charge in [-0.15, -0.1) is 0 Å². The Balaban J connectivity index is 2.38. The van der Waals surface area contributed by atoms with Gasteiger partial charge < -0.3 is 10.2 Å². The number of aliphatic hydroxyl groups is 1. The third-order valence-electron chi connectivity index (χ3n) is 3.61. The van der Waals surface area contributed by atoms with Crippen molar-refractivity contribution in [3.63, 3.8) is 0 Å². The van der Waals surface area contributed by atoms with Crippen LogP contribution in [0.1, 0.15) is 36.3 Å². The van der Waals surface area contributed by atoms with E-state index in [4.69, 9.17) is 0 Å². The summed E-state index contributed by atoms with van der Waals surface area (Å²) in [4.78, 5) is 22.7. The van der Waals surface area contributed by atoms with E-state index in [0.29, 0.717) is 12.8 Å². The SMILES string of the molecule is Cc1ccc(C2CCC(=O)CC2(O)C(=O)O)cc1. The zero-order valence-corrected chi connectivity index (χ0v) is 10.2. The van der Waals surface area contributed by atoms with E-state index in [1.807, 2.05) is 31.2 Å². The highest BCUT2D eigenvalue weighted by Gasteiger charge is 2.49. The standard InChI is InChI=1S/C14H16O4/c1-9-2-4-10(5-3-9)12-7-6-11(15)8-14(12,18)13(16)17/h2-5,12,18H,6-8H2,1H3,(H,16,17). The molecule has 1 saturated carbocycles. The molecular formula is C14H16O4.